The molecule has 0 aromatic carbocycles. The first-order chi connectivity index (χ1) is 8.25. The van der Waals surface area contributed by atoms with Gasteiger partial charge in [0.25, 0.3) is 5.56 Å². The Labute approximate surface area is 105 Å². The molecule has 3 aromatic rings. The van der Waals surface area contributed by atoms with E-state index in [1.165, 1.54) is 11.3 Å². The molecule has 6 heteroatoms. The zero-order valence-electron chi connectivity index (χ0n) is 9.08. The molecule has 0 spiro atoms. The molecule has 0 saturated carbocycles. The average molecular weight is 263 g/mol. The van der Waals surface area contributed by atoms with Crippen LogP contribution in [-0.4, -0.2) is 14.5 Å². The van der Waals surface area contributed by atoms with E-state index in [-0.39, 0.29) is 5.56 Å². The van der Waals surface area contributed by atoms with E-state index in [1.807, 2.05) is 12.3 Å². The molecule has 0 N–H and O–H groups in total. The molecule has 86 valence electrons. The van der Waals surface area contributed by atoms with E-state index in [1.54, 1.807) is 33.9 Å². The predicted molar refractivity (Wildman–Crippen MR) is 69.8 cm³/mol. The molecule has 4 nitrogen and oxygen atoms in total. The summed E-state index contributed by atoms with van der Waals surface area (Å²) in [6.07, 6.45) is 3.39. The molecular formula is C11H9N3OS2. The van der Waals surface area contributed by atoms with Crippen LogP contribution in [0, 0.1) is 6.92 Å². The third kappa shape index (κ3) is 1.79. The van der Waals surface area contributed by atoms with Crippen LogP contribution in [0.1, 0.15) is 10.4 Å². The van der Waals surface area contributed by atoms with Crippen LogP contribution < -0.4 is 5.56 Å². The Morgan fingerprint density at radius 3 is 3.06 bits per heavy atom. The highest BCUT2D eigenvalue weighted by molar-refractivity contribution is 7.17. The monoisotopic (exact) mass is 263 g/mol. The van der Waals surface area contributed by atoms with Crippen molar-refractivity contribution in [3.63, 3.8) is 0 Å². The number of fused-ring (bicyclic) bond motifs is 1. The van der Waals surface area contributed by atoms with E-state index in [9.17, 15) is 4.79 Å². The van der Waals surface area contributed by atoms with Crippen LogP contribution in [-0.2, 0) is 6.54 Å². The minimum absolute atomic E-state index is 0.0292. The Morgan fingerprint density at radius 1 is 1.41 bits per heavy atom. The molecule has 0 aliphatic heterocycles. The van der Waals surface area contributed by atoms with Crippen molar-refractivity contribution >= 4 is 32.9 Å². The van der Waals surface area contributed by atoms with E-state index in [0.29, 0.717) is 6.54 Å². The van der Waals surface area contributed by atoms with Crippen LogP contribution in [0.25, 0.3) is 10.2 Å². The van der Waals surface area contributed by atoms with Gasteiger partial charge < -0.3 is 0 Å². The largest absolute Gasteiger partial charge is 0.293 e. The van der Waals surface area contributed by atoms with Gasteiger partial charge in [0.15, 0.2) is 0 Å². The van der Waals surface area contributed by atoms with Crippen molar-refractivity contribution in [2.24, 2.45) is 0 Å². The first-order valence-electron chi connectivity index (χ1n) is 5.06. The topological polar surface area (TPSA) is 47.8 Å². The molecular weight excluding hydrogens is 254 g/mol. The number of hydrogen-bond donors (Lipinski definition) is 0. The first kappa shape index (κ1) is 10.6. The summed E-state index contributed by atoms with van der Waals surface area (Å²) in [6, 6.07) is 0. The SMILES string of the molecule is Cc1csc2c(=O)n(Cc3cncs3)cnc12. The Balaban J connectivity index is 2.12. The Kier molecular flexibility index (Phi) is 2.53. The van der Waals surface area contributed by atoms with Crippen molar-refractivity contribution < 1.29 is 0 Å². The molecule has 0 aliphatic rings. The lowest BCUT2D eigenvalue weighted by Crippen LogP contribution is -2.19. The van der Waals surface area contributed by atoms with Crippen LogP contribution in [0.5, 0.6) is 0 Å². The average Bonchev–Trinajstić information content (AvgIpc) is 2.93. The predicted octanol–water partition coefficient (Wildman–Crippen LogP) is 2.27. The smallest absolute Gasteiger partial charge is 0.271 e. The number of aryl methyl sites for hydroxylation is 1. The molecule has 0 saturated heterocycles. The number of aromatic nitrogens is 3. The summed E-state index contributed by atoms with van der Waals surface area (Å²) in [5.74, 6) is 0. The van der Waals surface area contributed by atoms with E-state index in [2.05, 4.69) is 9.97 Å². The van der Waals surface area contributed by atoms with Crippen LogP contribution >= 0.6 is 22.7 Å². The molecule has 0 unspecified atom stereocenters. The molecule has 0 atom stereocenters. The second-order valence-corrected chi connectivity index (χ2v) is 5.59. The summed E-state index contributed by atoms with van der Waals surface area (Å²) in [5, 5.41) is 1.97. The van der Waals surface area contributed by atoms with Crippen molar-refractivity contribution in [2.75, 3.05) is 0 Å². The van der Waals surface area contributed by atoms with Crippen LogP contribution in [0.4, 0.5) is 0 Å². The van der Waals surface area contributed by atoms with Gasteiger partial charge in [-0.05, 0) is 17.9 Å². The Hall–Kier alpha value is -1.53. The van der Waals surface area contributed by atoms with E-state index in [0.717, 1.165) is 20.7 Å². The Morgan fingerprint density at radius 2 is 2.29 bits per heavy atom. The quantitative estimate of drug-likeness (QED) is 0.712. The molecule has 0 aliphatic carbocycles. The van der Waals surface area contributed by atoms with Gasteiger partial charge in [0.1, 0.15) is 4.70 Å². The van der Waals surface area contributed by atoms with Gasteiger partial charge in [-0.2, -0.15) is 0 Å². The lowest BCUT2D eigenvalue weighted by Gasteiger charge is -2.02. The minimum Gasteiger partial charge on any atom is -0.293 e. The van der Waals surface area contributed by atoms with E-state index >= 15 is 0 Å². The van der Waals surface area contributed by atoms with Crippen molar-refractivity contribution in [1.82, 2.24) is 14.5 Å². The van der Waals surface area contributed by atoms with E-state index < -0.39 is 0 Å². The van der Waals surface area contributed by atoms with Gasteiger partial charge in [-0.3, -0.25) is 14.3 Å². The van der Waals surface area contributed by atoms with Gasteiger partial charge >= 0.3 is 0 Å². The van der Waals surface area contributed by atoms with Gasteiger partial charge in [-0.15, -0.1) is 22.7 Å². The molecule has 0 fully saturated rings. The standard InChI is InChI=1S/C11H9N3OS2/c1-7-4-16-10-9(7)13-5-14(11(10)15)3-8-2-12-6-17-8/h2,4-6H,3H2,1H3. The summed E-state index contributed by atoms with van der Waals surface area (Å²) in [7, 11) is 0. The van der Waals surface area contributed by atoms with Crippen molar-refractivity contribution in [3.8, 4) is 0 Å². The number of nitrogens with zero attached hydrogens (tertiary/aromatic N) is 3. The highest BCUT2D eigenvalue weighted by atomic mass is 32.1. The Bertz CT molecular complexity index is 712. The number of rotatable bonds is 2. The highest BCUT2D eigenvalue weighted by Gasteiger charge is 2.08. The number of thiazole rings is 1. The normalized spacial score (nSPS) is 11.1. The third-order valence-corrected chi connectivity index (χ3v) is 4.37. The summed E-state index contributed by atoms with van der Waals surface area (Å²) >= 11 is 3.00. The zero-order valence-corrected chi connectivity index (χ0v) is 10.7. The molecule has 0 amide bonds. The fourth-order valence-corrected chi connectivity index (χ4v) is 3.20. The molecule has 3 rings (SSSR count). The van der Waals surface area contributed by atoms with Crippen molar-refractivity contribution in [2.45, 2.75) is 13.5 Å². The van der Waals surface area contributed by atoms with Gasteiger partial charge in [-0.25, -0.2) is 4.98 Å². The molecule has 3 aromatic heterocycles. The first-order valence-corrected chi connectivity index (χ1v) is 6.82. The van der Waals surface area contributed by atoms with Gasteiger partial charge in [0, 0.05) is 11.1 Å². The second kappa shape index (κ2) is 4.05. The summed E-state index contributed by atoms with van der Waals surface area (Å²) < 4.78 is 2.36. The van der Waals surface area contributed by atoms with Crippen molar-refractivity contribution in [3.05, 3.63) is 44.2 Å². The maximum atomic E-state index is 12.2. The highest BCUT2D eigenvalue weighted by Crippen LogP contribution is 2.19. The van der Waals surface area contributed by atoms with Gasteiger partial charge in [0.2, 0.25) is 0 Å². The number of thiophene rings is 1. The fraction of sp³-hybridized carbons (Fsp3) is 0.182. The molecule has 0 radical (unpaired) electrons. The summed E-state index contributed by atoms with van der Waals surface area (Å²) in [5.41, 5.74) is 3.68. The molecule has 0 bridgehead atoms. The van der Waals surface area contributed by atoms with Crippen LogP contribution in [0.3, 0.4) is 0 Å². The summed E-state index contributed by atoms with van der Waals surface area (Å²) in [6.45, 7) is 2.52. The van der Waals surface area contributed by atoms with Crippen LogP contribution in [0.15, 0.2) is 28.2 Å². The van der Waals surface area contributed by atoms with Crippen LogP contribution in [0.2, 0.25) is 0 Å². The van der Waals surface area contributed by atoms with Gasteiger partial charge in [-0.1, -0.05) is 0 Å². The second-order valence-electron chi connectivity index (χ2n) is 3.74. The molecule has 3 heterocycles. The third-order valence-electron chi connectivity index (χ3n) is 2.53. The summed E-state index contributed by atoms with van der Waals surface area (Å²) in [4.78, 5) is 21.6. The van der Waals surface area contributed by atoms with Gasteiger partial charge in [0.05, 0.1) is 23.9 Å². The number of hydrogen-bond acceptors (Lipinski definition) is 5. The minimum atomic E-state index is 0.0292. The fourth-order valence-electron chi connectivity index (χ4n) is 1.66. The maximum absolute atomic E-state index is 12.2. The lowest BCUT2D eigenvalue weighted by molar-refractivity contribution is 0.758. The molecule has 17 heavy (non-hydrogen) atoms. The lowest BCUT2D eigenvalue weighted by atomic mass is 10.3. The van der Waals surface area contributed by atoms with E-state index in [4.69, 9.17) is 0 Å². The van der Waals surface area contributed by atoms with Crippen molar-refractivity contribution in [1.29, 1.82) is 0 Å². The maximum Gasteiger partial charge on any atom is 0.271 e. The zero-order chi connectivity index (χ0) is 11.8.